The molecule has 0 aromatic rings. The molecule has 1 aliphatic carbocycles. The molecule has 222 valence electrons. The third-order valence-corrected chi connectivity index (χ3v) is 8.77. The molecule has 2 aliphatic rings. The van der Waals surface area contributed by atoms with Crippen molar-refractivity contribution in [3.63, 3.8) is 0 Å². The summed E-state index contributed by atoms with van der Waals surface area (Å²) >= 11 is 0. The Kier molecular flexibility index (Phi) is 12.6. The monoisotopic (exact) mass is 569 g/mol. The average Bonchev–Trinajstić information content (AvgIpc) is 3.59. The van der Waals surface area contributed by atoms with Crippen molar-refractivity contribution in [1.82, 2.24) is 14.9 Å². The zero-order chi connectivity index (χ0) is 29.2. The Morgan fingerprint density at radius 1 is 1.10 bits per heavy atom. The van der Waals surface area contributed by atoms with Crippen molar-refractivity contribution in [2.75, 3.05) is 6.54 Å². The molecular weight excluding hydrogens is 522 g/mol. The highest BCUT2D eigenvalue weighted by Crippen LogP contribution is 2.29. The summed E-state index contributed by atoms with van der Waals surface area (Å²) in [5, 5.41) is 13.5. The maximum absolute atomic E-state index is 13.3. The van der Waals surface area contributed by atoms with Crippen molar-refractivity contribution in [3.8, 4) is 0 Å². The van der Waals surface area contributed by atoms with E-state index in [1.165, 1.54) is 6.08 Å². The number of hydrogen-bond donors (Lipinski definition) is 3. The number of sulfonamides is 1. The van der Waals surface area contributed by atoms with E-state index in [0.29, 0.717) is 38.6 Å². The minimum atomic E-state index is -3.76. The summed E-state index contributed by atoms with van der Waals surface area (Å²) in [6.45, 7) is 13.2. The van der Waals surface area contributed by atoms with E-state index in [4.69, 9.17) is 4.74 Å². The number of esters is 1. The largest absolute Gasteiger partial charge is 0.460 e. The lowest BCUT2D eigenvalue weighted by Crippen LogP contribution is -2.55. The summed E-state index contributed by atoms with van der Waals surface area (Å²) in [5.41, 5.74) is -0.652. The highest BCUT2D eigenvalue weighted by atomic mass is 32.2. The molecule has 10 nitrogen and oxygen atoms in total. The Hall–Kier alpha value is -2.24. The summed E-state index contributed by atoms with van der Waals surface area (Å²) in [6, 6.07) is -1.83. The molecule has 0 aromatic heterocycles. The van der Waals surface area contributed by atoms with Crippen LogP contribution in [0.25, 0.3) is 0 Å². The second-order valence-electron chi connectivity index (χ2n) is 11.6. The predicted molar refractivity (Wildman–Crippen MR) is 150 cm³/mol. The minimum absolute atomic E-state index is 0.0191. The molecule has 1 saturated carbocycles. The van der Waals surface area contributed by atoms with Gasteiger partial charge in [-0.25, -0.2) is 8.42 Å². The fourth-order valence-electron chi connectivity index (χ4n) is 4.82. The summed E-state index contributed by atoms with van der Waals surface area (Å²) in [5.74, 6) is -2.12. The number of amides is 2. The molecule has 3 N–H and O–H groups in total. The van der Waals surface area contributed by atoms with Crippen molar-refractivity contribution in [3.05, 3.63) is 25.3 Å². The third kappa shape index (κ3) is 11.0. The first-order chi connectivity index (χ1) is 18.3. The summed E-state index contributed by atoms with van der Waals surface area (Å²) in [7, 11) is -3.76. The van der Waals surface area contributed by atoms with Gasteiger partial charge in [0.1, 0.15) is 17.9 Å². The van der Waals surface area contributed by atoms with Crippen LogP contribution in [0.4, 0.5) is 0 Å². The molecule has 11 heteroatoms. The number of rotatable bonds is 17. The van der Waals surface area contributed by atoms with Crippen LogP contribution < -0.4 is 10.0 Å². The Morgan fingerprint density at radius 2 is 1.79 bits per heavy atom. The molecule has 2 amide bonds. The molecule has 1 aliphatic heterocycles. The number of allylic oxidation sites excluding steroid dienone is 1. The van der Waals surface area contributed by atoms with E-state index in [-0.39, 0.29) is 12.8 Å². The zero-order valence-corrected chi connectivity index (χ0v) is 24.5. The van der Waals surface area contributed by atoms with Gasteiger partial charge in [0.15, 0.2) is 0 Å². The van der Waals surface area contributed by atoms with Crippen LogP contribution in [0.3, 0.4) is 0 Å². The second kappa shape index (κ2) is 14.9. The fourth-order valence-corrected chi connectivity index (χ4v) is 6.17. The number of carbonyl (C=O) groups is 3. The summed E-state index contributed by atoms with van der Waals surface area (Å²) in [4.78, 5) is 40.3. The number of likely N-dealkylation sites (tertiary alicyclic amines) is 1. The molecule has 2 rings (SSSR count). The van der Waals surface area contributed by atoms with E-state index in [1.807, 2.05) is 6.08 Å². The number of aliphatic hydroxyl groups excluding tert-OH is 1. The maximum atomic E-state index is 13.3. The van der Waals surface area contributed by atoms with Crippen LogP contribution in [0.15, 0.2) is 25.3 Å². The third-order valence-electron chi connectivity index (χ3n) is 6.93. The average molecular weight is 570 g/mol. The lowest BCUT2D eigenvalue weighted by molar-refractivity contribution is -0.159. The normalized spacial score (nSPS) is 20.5. The van der Waals surface area contributed by atoms with Crippen LogP contribution >= 0.6 is 0 Å². The molecule has 0 spiro atoms. The van der Waals surface area contributed by atoms with Gasteiger partial charge in [0.05, 0.1) is 17.7 Å². The van der Waals surface area contributed by atoms with Crippen LogP contribution in [-0.4, -0.2) is 71.9 Å². The van der Waals surface area contributed by atoms with Crippen LogP contribution in [0.1, 0.15) is 91.4 Å². The van der Waals surface area contributed by atoms with Crippen molar-refractivity contribution in [1.29, 1.82) is 0 Å². The molecule has 1 heterocycles. The van der Waals surface area contributed by atoms with Gasteiger partial charge in [-0.05, 0) is 72.1 Å². The maximum Gasteiger partial charge on any atom is 0.306 e. The lowest BCUT2D eigenvalue weighted by Gasteiger charge is -2.34. The zero-order valence-electron chi connectivity index (χ0n) is 23.7. The predicted octanol–water partition coefficient (Wildman–Crippen LogP) is 2.92. The number of ether oxygens (including phenoxy) is 1. The van der Waals surface area contributed by atoms with E-state index in [1.54, 1.807) is 25.7 Å². The van der Waals surface area contributed by atoms with Crippen molar-refractivity contribution in [2.45, 2.75) is 121 Å². The highest BCUT2D eigenvalue weighted by Gasteiger charge is 2.41. The lowest BCUT2D eigenvalue weighted by atomic mass is 9.94. The van der Waals surface area contributed by atoms with Gasteiger partial charge in [-0.1, -0.05) is 25.0 Å². The Labute approximate surface area is 233 Å². The number of carbonyl (C=O) groups excluding carboxylic acids is 3. The summed E-state index contributed by atoms with van der Waals surface area (Å²) < 4.78 is 32.1. The first kappa shape index (κ1) is 33.0. The van der Waals surface area contributed by atoms with E-state index in [9.17, 15) is 27.9 Å². The van der Waals surface area contributed by atoms with Gasteiger partial charge in [-0.2, -0.15) is 0 Å². The first-order valence-corrected chi connectivity index (χ1v) is 15.6. The Morgan fingerprint density at radius 3 is 2.38 bits per heavy atom. The van der Waals surface area contributed by atoms with Crippen LogP contribution in [0.2, 0.25) is 0 Å². The molecule has 4 unspecified atom stereocenters. The van der Waals surface area contributed by atoms with Crippen molar-refractivity contribution in [2.24, 2.45) is 5.92 Å². The number of nitrogens with one attached hydrogen (secondary N) is 2. The van der Waals surface area contributed by atoms with E-state index in [0.717, 1.165) is 25.7 Å². The standard InChI is InChI=1S/C28H47N3O7S/c1-6-8-9-10-11-14-20(19-24(32)38-28(3,4)5)27(35)31-18-12-15-23(31)26(34)29-22(13-7-2)25(33)30-39(36,37)21-16-17-21/h6-7,20-23,27,35H,1-2,8-19H2,3-5H3,(H,29,34)(H,30,33). The first-order valence-electron chi connectivity index (χ1n) is 14.0. The van der Waals surface area contributed by atoms with Gasteiger partial charge in [-0.3, -0.25) is 24.0 Å². The van der Waals surface area contributed by atoms with Crippen molar-refractivity contribution < 1.29 is 32.6 Å². The minimum Gasteiger partial charge on any atom is -0.460 e. The molecule has 0 aromatic carbocycles. The highest BCUT2D eigenvalue weighted by molar-refractivity contribution is 7.90. The number of nitrogens with zero attached hydrogens (tertiary/aromatic N) is 1. The Balaban J connectivity index is 2.10. The number of unbranched alkanes of at least 4 members (excludes halogenated alkanes) is 3. The smallest absolute Gasteiger partial charge is 0.306 e. The van der Waals surface area contributed by atoms with Gasteiger partial charge in [0, 0.05) is 12.5 Å². The van der Waals surface area contributed by atoms with Crippen LogP contribution in [0, 0.1) is 5.92 Å². The molecule has 39 heavy (non-hydrogen) atoms. The summed E-state index contributed by atoms with van der Waals surface area (Å²) in [6.07, 6.45) is 8.64. The van der Waals surface area contributed by atoms with Gasteiger partial charge in [-0.15, -0.1) is 13.2 Å². The second-order valence-corrected chi connectivity index (χ2v) is 13.5. The van der Waals surface area contributed by atoms with Crippen LogP contribution in [0.5, 0.6) is 0 Å². The van der Waals surface area contributed by atoms with Gasteiger partial charge < -0.3 is 15.2 Å². The molecule has 0 radical (unpaired) electrons. The molecule has 0 bridgehead atoms. The SMILES string of the molecule is C=CCCCCCC(CC(=O)OC(C)(C)C)C(O)N1CCCC1C(=O)NC(CC=C)C(=O)NS(=O)(=O)C1CC1. The fraction of sp³-hybridized carbons (Fsp3) is 0.750. The molecule has 2 fully saturated rings. The quantitative estimate of drug-likeness (QED) is 0.138. The molecule has 1 saturated heterocycles. The molecule has 4 atom stereocenters. The topological polar surface area (TPSA) is 142 Å². The number of aliphatic hydroxyl groups is 1. The van der Waals surface area contributed by atoms with Gasteiger partial charge in [0.25, 0.3) is 5.91 Å². The van der Waals surface area contributed by atoms with Crippen LogP contribution in [-0.2, 0) is 29.1 Å². The Bertz CT molecular complexity index is 972. The van der Waals surface area contributed by atoms with E-state index in [2.05, 4.69) is 23.2 Å². The van der Waals surface area contributed by atoms with E-state index < -0.39 is 62.9 Å². The van der Waals surface area contributed by atoms with Gasteiger partial charge in [0.2, 0.25) is 15.9 Å². The van der Waals surface area contributed by atoms with Crippen molar-refractivity contribution >= 4 is 27.8 Å². The molecular formula is C28H47N3O7S. The van der Waals surface area contributed by atoms with Gasteiger partial charge >= 0.3 is 5.97 Å². The number of hydrogen-bond acceptors (Lipinski definition) is 8. The van der Waals surface area contributed by atoms with E-state index >= 15 is 0 Å².